The van der Waals surface area contributed by atoms with E-state index in [0.29, 0.717) is 29.6 Å². The number of nitrogens with one attached hydrogen (secondary N) is 3. The Morgan fingerprint density at radius 3 is 2.70 bits per heavy atom. The van der Waals surface area contributed by atoms with Crippen molar-refractivity contribution >= 4 is 23.5 Å². The lowest BCUT2D eigenvalue weighted by Gasteiger charge is -2.32. The van der Waals surface area contributed by atoms with Crippen LogP contribution in [0.15, 0.2) is 23.2 Å². The van der Waals surface area contributed by atoms with E-state index in [4.69, 9.17) is 11.6 Å². The van der Waals surface area contributed by atoms with E-state index in [2.05, 4.69) is 30.6 Å². The Hall–Kier alpha value is -2.13. The van der Waals surface area contributed by atoms with Crippen LogP contribution < -0.4 is 20.7 Å². The lowest BCUT2D eigenvalue weighted by atomic mass is 10.1. The van der Waals surface area contributed by atoms with E-state index in [-0.39, 0.29) is 24.2 Å². The Labute approximate surface area is 181 Å². The summed E-state index contributed by atoms with van der Waals surface area (Å²) in [5.74, 6) is 0.702. The monoisotopic (exact) mass is 445 g/mol. The number of hydrogen-bond donors (Lipinski definition) is 3. The van der Waals surface area contributed by atoms with Crippen molar-refractivity contribution < 1.29 is 18.3 Å². The number of benzene rings is 1. The highest BCUT2D eigenvalue weighted by atomic mass is 35.5. The predicted molar refractivity (Wildman–Crippen MR) is 114 cm³/mol. The molecule has 7 nitrogen and oxygen atoms in total. The molecule has 1 fully saturated rings. The maximum atomic E-state index is 12.6. The number of alkyl halides is 2. The van der Waals surface area contributed by atoms with Crippen LogP contribution in [-0.4, -0.2) is 62.6 Å². The van der Waals surface area contributed by atoms with Gasteiger partial charge in [0.2, 0.25) is 5.91 Å². The van der Waals surface area contributed by atoms with Gasteiger partial charge in [-0.15, -0.1) is 0 Å². The second-order valence-electron chi connectivity index (χ2n) is 7.10. The lowest BCUT2D eigenvalue weighted by molar-refractivity contribution is -0.122. The van der Waals surface area contributed by atoms with Gasteiger partial charge < -0.3 is 20.7 Å². The number of carbonyl (C=O) groups is 1. The molecule has 0 aliphatic carbocycles. The third kappa shape index (κ3) is 8.31. The van der Waals surface area contributed by atoms with Crippen molar-refractivity contribution in [2.45, 2.75) is 45.4 Å². The number of piperidine rings is 1. The highest BCUT2D eigenvalue weighted by molar-refractivity contribution is 6.30. The van der Waals surface area contributed by atoms with Crippen molar-refractivity contribution in [3.8, 4) is 5.75 Å². The van der Waals surface area contributed by atoms with Gasteiger partial charge in [-0.2, -0.15) is 8.78 Å². The largest absolute Gasteiger partial charge is 0.434 e. The van der Waals surface area contributed by atoms with Crippen molar-refractivity contribution in [3.05, 3.63) is 28.8 Å². The summed E-state index contributed by atoms with van der Waals surface area (Å²) < 4.78 is 29.8. The Morgan fingerprint density at radius 2 is 2.07 bits per heavy atom. The van der Waals surface area contributed by atoms with Crippen LogP contribution in [-0.2, 0) is 11.3 Å². The molecule has 0 radical (unpaired) electrons. The van der Waals surface area contributed by atoms with E-state index in [0.717, 1.165) is 32.4 Å². The molecule has 10 heteroatoms. The van der Waals surface area contributed by atoms with Crippen LogP contribution in [0.25, 0.3) is 0 Å². The van der Waals surface area contributed by atoms with Gasteiger partial charge in [-0.05, 0) is 37.5 Å². The average molecular weight is 446 g/mol. The molecule has 1 aliphatic rings. The first-order chi connectivity index (χ1) is 14.4. The Morgan fingerprint density at radius 1 is 1.33 bits per heavy atom. The third-order valence-corrected chi connectivity index (χ3v) is 5.01. The lowest BCUT2D eigenvalue weighted by Crippen LogP contribution is -2.50. The molecule has 1 aromatic carbocycles. The molecule has 1 saturated heterocycles. The molecule has 0 bridgehead atoms. The predicted octanol–water partition coefficient (Wildman–Crippen LogP) is 2.60. The summed E-state index contributed by atoms with van der Waals surface area (Å²) in [6, 6.07) is 4.73. The van der Waals surface area contributed by atoms with Crippen molar-refractivity contribution in [1.82, 2.24) is 20.9 Å². The van der Waals surface area contributed by atoms with Gasteiger partial charge in [0.25, 0.3) is 0 Å². The maximum Gasteiger partial charge on any atom is 0.387 e. The van der Waals surface area contributed by atoms with E-state index in [1.54, 1.807) is 13.1 Å². The summed E-state index contributed by atoms with van der Waals surface area (Å²) in [6.07, 6.45) is 2.67. The number of hydrogen-bond acceptors (Lipinski definition) is 4. The molecule has 1 aliphatic heterocycles. The fraction of sp³-hybridized carbons (Fsp3) is 0.600. The van der Waals surface area contributed by atoms with Gasteiger partial charge in [0.1, 0.15) is 5.75 Å². The minimum atomic E-state index is -2.91. The molecule has 0 spiro atoms. The van der Waals surface area contributed by atoms with Crippen LogP contribution in [0.3, 0.4) is 0 Å². The highest BCUT2D eigenvalue weighted by Crippen LogP contribution is 2.24. The van der Waals surface area contributed by atoms with Gasteiger partial charge in [0.05, 0.1) is 6.54 Å². The quantitative estimate of drug-likeness (QED) is 0.402. The number of nitrogens with zero attached hydrogens (tertiary/aromatic N) is 2. The number of guanidine groups is 1. The number of amides is 1. The van der Waals surface area contributed by atoms with Crippen molar-refractivity contribution in [3.63, 3.8) is 0 Å². The molecule has 1 heterocycles. The number of rotatable bonds is 9. The third-order valence-electron chi connectivity index (χ3n) is 4.78. The van der Waals surface area contributed by atoms with Gasteiger partial charge >= 0.3 is 6.61 Å². The maximum absolute atomic E-state index is 12.6. The first-order valence-corrected chi connectivity index (χ1v) is 10.5. The summed E-state index contributed by atoms with van der Waals surface area (Å²) in [4.78, 5) is 18.2. The van der Waals surface area contributed by atoms with E-state index in [1.807, 2.05) is 6.92 Å². The molecule has 30 heavy (non-hydrogen) atoms. The van der Waals surface area contributed by atoms with Crippen LogP contribution >= 0.6 is 11.6 Å². The summed E-state index contributed by atoms with van der Waals surface area (Å²) in [6.45, 7) is 2.10. The number of likely N-dealkylation sites (tertiary alicyclic amines) is 1. The van der Waals surface area contributed by atoms with Gasteiger partial charge in [0, 0.05) is 49.9 Å². The number of carbonyl (C=O) groups excluding carboxylic acids is 1. The molecule has 3 N–H and O–H groups in total. The van der Waals surface area contributed by atoms with Crippen LogP contribution in [0, 0.1) is 0 Å². The molecule has 0 unspecified atom stereocenters. The molecule has 1 amide bonds. The van der Waals surface area contributed by atoms with Crippen molar-refractivity contribution in [1.29, 1.82) is 0 Å². The minimum absolute atomic E-state index is 0.0593. The highest BCUT2D eigenvalue weighted by Gasteiger charge is 2.21. The molecule has 0 aromatic heterocycles. The smallest absolute Gasteiger partial charge is 0.387 e. The fourth-order valence-electron chi connectivity index (χ4n) is 3.22. The van der Waals surface area contributed by atoms with Crippen LogP contribution in [0.4, 0.5) is 8.78 Å². The molecular formula is C20H30ClF2N5O2. The molecular weight excluding hydrogens is 416 g/mol. The van der Waals surface area contributed by atoms with E-state index in [9.17, 15) is 13.6 Å². The van der Waals surface area contributed by atoms with Gasteiger partial charge in [-0.25, -0.2) is 0 Å². The Bertz CT molecular complexity index is 712. The number of halogens is 3. The topological polar surface area (TPSA) is 78.0 Å². The first-order valence-electron chi connectivity index (χ1n) is 10.1. The standard InChI is InChI=1S/C20H30ClF2N5O2/c1-3-8-25-18(29)13-28-9-6-16(7-10-28)27-20(24-2)26-12-14-11-15(21)4-5-17(14)30-19(22)23/h4-5,11,16,19H,3,6-10,12-13H2,1-2H3,(H,25,29)(H2,24,26,27). The van der Waals surface area contributed by atoms with E-state index >= 15 is 0 Å². The second-order valence-corrected chi connectivity index (χ2v) is 7.54. The van der Waals surface area contributed by atoms with Gasteiger partial charge in [-0.3, -0.25) is 14.7 Å². The zero-order valence-corrected chi connectivity index (χ0v) is 18.1. The Kier molecular flexibility index (Phi) is 10.1. The average Bonchev–Trinajstić information content (AvgIpc) is 2.72. The van der Waals surface area contributed by atoms with Crippen molar-refractivity contribution in [2.75, 3.05) is 33.2 Å². The van der Waals surface area contributed by atoms with Crippen LogP contribution in [0.2, 0.25) is 5.02 Å². The fourth-order valence-corrected chi connectivity index (χ4v) is 3.42. The van der Waals surface area contributed by atoms with E-state index < -0.39 is 6.61 Å². The molecule has 1 aromatic rings. The first kappa shape index (κ1) is 24.1. The molecule has 2 rings (SSSR count). The molecule has 168 valence electrons. The zero-order valence-electron chi connectivity index (χ0n) is 17.4. The number of aliphatic imine (C=N–C) groups is 1. The van der Waals surface area contributed by atoms with Gasteiger partial charge in [-0.1, -0.05) is 18.5 Å². The summed E-state index contributed by atoms with van der Waals surface area (Å²) >= 11 is 5.99. The molecule has 0 atom stereocenters. The summed E-state index contributed by atoms with van der Waals surface area (Å²) in [5, 5.41) is 9.80. The van der Waals surface area contributed by atoms with Crippen LogP contribution in [0.5, 0.6) is 5.75 Å². The summed E-state index contributed by atoms with van der Waals surface area (Å²) in [7, 11) is 1.65. The molecule has 0 saturated carbocycles. The van der Waals surface area contributed by atoms with Crippen molar-refractivity contribution in [2.24, 2.45) is 4.99 Å². The summed E-state index contributed by atoms with van der Waals surface area (Å²) in [5.41, 5.74) is 0.513. The van der Waals surface area contributed by atoms with Crippen LogP contribution in [0.1, 0.15) is 31.7 Å². The SMILES string of the molecule is CCCNC(=O)CN1CCC(NC(=NC)NCc2cc(Cl)ccc2OC(F)F)CC1. The number of ether oxygens (including phenoxy) is 1. The van der Waals surface area contributed by atoms with Gasteiger partial charge in [0.15, 0.2) is 5.96 Å². The normalized spacial score (nSPS) is 15.9. The van der Waals surface area contributed by atoms with E-state index in [1.165, 1.54) is 12.1 Å². The zero-order chi connectivity index (χ0) is 21.9. The second kappa shape index (κ2) is 12.5. The Balaban J connectivity index is 1.81. The minimum Gasteiger partial charge on any atom is -0.434 e.